The summed E-state index contributed by atoms with van der Waals surface area (Å²) in [5.41, 5.74) is 12.4. The molecule has 9 heteroatoms. The highest BCUT2D eigenvalue weighted by molar-refractivity contribution is 5.64. The van der Waals surface area contributed by atoms with E-state index < -0.39 is 0 Å². The highest BCUT2D eigenvalue weighted by Crippen LogP contribution is 2.34. The molecule has 0 saturated carbocycles. The SMILES string of the molecule is CCOc1cc(CN2CCC(Nc3ccnc(C)c3)CC2)cc(OCC)c1N.Cc1cc(NC2CCNCC2)ccn1. The van der Waals surface area contributed by atoms with E-state index in [4.69, 9.17) is 15.2 Å². The van der Waals surface area contributed by atoms with Gasteiger partial charge in [-0.05, 0) is 108 Å². The van der Waals surface area contributed by atoms with Gasteiger partial charge in [-0.1, -0.05) is 0 Å². The number of hydrogen-bond acceptors (Lipinski definition) is 9. The summed E-state index contributed by atoms with van der Waals surface area (Å²) < 4.78 is 11.4. The fourth-order valence-corrected chi connectivity index (χ4v) is 5.50. The first-order chi connectivity index (χ1) is 20.4. The van der Waals surface area contributed by atoms with Crippen LogP contribution in [0.15, 0.2) is 48.8 Å². The van der Waals surface area contributed by atoms with Gasteiger partial charge in [0, 0.05) is 66.9 Å². The van der Waals surface area contributed by atoms with Crippen molar-refractivity contribution in [1.82, 2.24) is 20.2 Å². The molecule has 2 fully saturated rings. The second-order valence-electron chi connectivity index (χ2n) is 11.1. The van der Waals surface area contributed by atoms with Crippen LogP contribution in [-0.2, 0) is 6.54 Å². The summed E-state index contributed by atoms with van der Waals surface area (Å²) in [5.74, 6) is 1.43. The molecule has 3 aromatic rings. The number of pyridine rings is 2. The van der Waals surface area contributed by atoms with E-state index in [0.29, 0.717) is 42.5 Å². The van der Waals surface area contributed by atoms with Crippen LogP contribution in [0.1, 0.15) is 56.5 Å². The third-order valence-corrected chi connectivity index (χ3v) is 7.63. The van der Waals surface area contributed by atoms with Crippen molar-refractivity contribution < 1.29 is 9.47 Å². The lowest BCUT2D eigenvalue weighted by molar-refractivity contribution is 0.210. The molecule has 5 rings (SSSR count). The minimum Gasteiger partial charge on any atom is -0.492 e. The second-order valence-corrected chi connectivity index (χ2v) is 11.1. The van der Waals surface area contributed by atoms with E-state index in [-0.39, 0.29) is 0 Å². The predicted molar refractivity (Wildman–Crippen MR) is 173 cm³/mol. The molecule has 228 valence electrons. The third kappa shape index (κ3) is 9.77. The zero-order chi connectivity index (χ0) is 29.7. The maximum atomic E-state index is 6.18. The molecule has 1 aromatic carbocycles. The number of aromatic nitrogens is 2. The van der Waals surface area contributed by atoms with Crippen molar-refractivity contribution in [2.24, 2.45) is 0 Å². The molecule has 2 aromatic heterocycles. The van der Waals surface area contributed by atoms with E-state index >= 15 is 0 Å². The lowest BCUT2D eigenvalue weighted by Crippen LogP contribution is -2.38. The highest BCUT2D eigenvalue weighted by Gasteiger charge is 2.20. The van der Waals surface area contributed by atoms with Crippen molar-refractivity contribution in [1.29, 1.82) is 0 Å². The van der Waals surface area contributed by atoms with Crippen molar-refractivity contribution in [2.75, 3.05) is 55.8 Å². The molecule has 42 heavy (non-hydrogen) atoms. The first kappa shape index (κ1) is 31.4. The Kier molecular flexibility index (Phi) is 12.1. The summed E-state index contributed by atoms with van der Waals surface area (Å²) in [7, 11) is 0. The predicted octanol–water partition coefficient (Wildman–Crippen LogP) is 5.40. The van der Waals surface area contributed by atoms with Crippen molar-refractivity contribution in [2.45, 2.75) is 72.0 Å². The van der Waals surface area contributed by atoms with Gasteiger partial charge in [0.15, 0.2) is 0 Å². The van der Waals surface area contributed by atoms with Crippen molar-refractivity contribution in [3.63, 3.8) is 0 Å². The summed E-state index contributed by atoms with van der Waals surface area (Å²) >= 11 is 0. The number of aryl methyl sites for hydroxylation is 2. The average Bonchev–Trinajstić information content (AvgIpc) is 2.98. The van der Waals surface area contributed by atoms with Crippen LogP contribution >= 0.6 is 0 Å². The topological polar surface area (TPSA) is 110 Å². The molecule has 5 N–H and O–H groups in total. The van der Waals surface area contributed by atoms with Gasteiger partial charge in [-0.3, -0.25) is 14.9 Å². The summed E-state index contributed by atoms with van der Waals surface area (Å²) in [5, 5.41) is 10.5. The van der Waals surface area contributed by atoms with Gasteiger partial charge in [-0.15, -0.1) is 0 Å². The molecule has 0 amide bonds. The number of hydrogen-bond donors (Lipinski definition) is 4. The number of anilines is 3. The molecule has 2 aliphatic heterocycles. The number of nitrogens with zero attached hydrogens (tertiary/aromatic N) is 3. The molecule has 0 atom stereocenters. The van der Waals surface area contributed by atoms with Crippen LogP contribution in [0.3, 0.4) is 0 Å². The van der Waals surface area contributed by atoms with Gasteiger partial charge in [0.1, 0.15) is 17.2 Å². The zero-order valence-corrected chi connectivity index (χ0v) is 25.8. The van der Waals surface area contributed by atoms with E-state index in [9.17, 15) is 0 Å². The molecule has 0 spiro atoms. The summed E-state index contributed by atoms with van der Waals surface area (Å²) in [6, 6.07) is 13.5. The standard InChI is InChI=1S/C22H32N4O2.C11H17N3/c1-4-27-20-13-17(14-21(22(20)23)28-5-2)15-26-10-7-18(8-11-26)25-19-6-9-24-16(3)12-19;1-9-8-11(4-7-13-9)14-10-2-5-12-6-3-10/h6,9,12-14,18H,4-5,7-8,10-11,15,23H2,1-3H3,(H,24,25);4,7-8,10,12H,2-3,5-6H2,1H3,(H,13,14). The third-order valence-electron chi connectivity index (χ3n) is 7.63. The molecular weight excluding hydrogens is 526 g/mol. The first-order valence-corrected chi connectivity index (χ1v) is 15.4. The smallest absolute Gasteiger partial charge is 0.146 e. The Balaban J connectivity index is 0.000000241. The van der Waals surface area contributed by atoms with Gasteiger partial charge in [0.2, 0.25) is 0 Å². The van der Waals surface area contributed by atoms with Crippen LogP contribution in [0.4, 0.5) is 17.1 Å². The summed E-state index contributed by atoms with van der Waals surface area (Å²) in [4.78, 5) is 10.9. The molecule has 0 aliphatic carbocycles. The van der Waals surface area contributed by atoms with Gasteiger partial charge < -0.3 is 31.2 Å². The average molecular weight is 576 g/mol. The molecule has 2 aliphatic rings. The summed E-state index contributed by atoms with van der Waals surface area (Å²) in [6.07, 6.45) is 8.38. The number of benzene rings is 1. The van der Waals surface area contributed by atoms with Gasteiger partial charge in [-0.25, -0.2) is 0 Å². The molecular formula is C33H49N7O2. The monoisotopic (exact) mass is 575 g/mol. The van der Waals surface area contributed by atoms with Gasteiger partial charge >= 0.3 is 0 Å². The van der Waals surface area contributed by atoms with Crippen LogP contribution in [0.2, 0.25) is 0 Å². The number of nitrogens with one attached hydrogen (secondary N) is 3. The van der Waals surface area contributed by atoms with Crippen molar-refractivity contribution in [3.05, 3.63) is 65.7 Å². The zero-order valence-electron chi connectivity index (χ0n) is 25.8. The van der Waals surface area contributed by atoms with Gasteiger partial charge in [0.25, 0.3) is 0 Å². The van der Waals surface area contributed by atoms with Crippen LogP contribution in [-0.4, -0.2) is 66.3 Å². The van der Waals surface area contributed by atoms with E-state index in [1.807, 2.05) is 64.4 Å². The first-order valence-electron chi connectivity index (χ1n) is 15.4. The van der Waals surface area contributed by atoms with E-state index in [2.05, 4.69) is 43.0 Å². The molecule has 9 nitrogen and oxygen atoms in total. The Bertz CT molecular complexity index is 1210. The Labute approximate surface area is 251 Å². The lowest BCUT2D eigenvalue weighted by Gasteiger charge is -2.33. The number of likely N-dealkylation sites (tertiary alicyclic amines) is 1. The van der Waals surface area contributed by atoms with E-state index in [0.717, 1.165) is 62.6 Å². The highest BCUT2D eigenvalue weighted by atomic mass is 16.5. The molecule has 0 unspecified atom stereocenters. The quantitative estimate of drug-likeness (QED) is 0.236. The maximum Gasteiger partial charge on any atom is 0.146 e. The number of piperidine rings is 2. The largest absolute Gasteiger partial charge is 0.492 e. The fourth-order valence-electron chi connectivity index (χ4n) is 5.50. The van der Waals surface area contributed by atoms with Crippen molar-refractivity contribution >= 4 is 17.1 Å². The molecule has 4 heterocycles. The second kappa shape index (κ2) is 16.2. The molecule has 0 bridgehead atoms. The van der Waals surface area contributed by atoms with Crippen LogP contribution in [0.25, 0.3) is 0 Å². The summed E-state index contributed by atoms with van der Waals surface area (Å²) in [6.45, 7) is 14.4. The van der Waals surface area contributed by atoms with Crippen molar-refractivity contribution in [3.8, 4) is 11.5 Å². The Morgan fingerprint density at radius 3 is 1.79 bits per heavy atom. The maximum absolute atomic E-state index is 6.18. The van der Waals surface area contributed by atoms with Gasteiger partial charge in [0.05, 0.1) is 13.2 Å². The number of ether oxygens (including phenoxy) is 2. The normalized spacial score (nSPS) is 16.3. The Morgan fingerprint density at radius 1 is 0.810 bits per heavy atom. The van der Waals surface area contributed by atoms with Gasteiger partial charge in [-0.2, -0.15) is 0 Å². The van der Waals surface area contributed by atoms with Crippen LogP contribution in [0.5, 0.6) is 11.5 Å². The minimum absolute atomic E-state index is 0.502. The fraction of sp³-hybridized carbons (Fsp3) is 0.515. The number of nitrogens with two attached hydrogens (primary N) is 1. The molecule has 2 saturated heterocycles. The number of rotatable bonds is 10. The van der Waals surface area contributed by atoms with E-state index in [1.165, 1.54) is 24.1 Å². The Morgan fingerprint density at radius 2 is 1.31 bits per heavy atom. The lowest BCUT2D eigenvalue weighted by atomic mass is 10.0. The van der Waals surface area contributed by atoms with E-state index in [1.54, 1.807) is 0 Å². The minimum atomic E-state index is 0.502. The number of nitrogen functional groups attached to an aromatic ring is 1. The van der Waals surface area contributed by atoms with Crippen LogP contribution in [0, 0.1) is 13.8 Å². The molecule has 0 radical (unpaired) electrons. The van der Waals surface area contributed by atoms with Crippen LogP contribution < -0.4 is 31.2 Å². The Hall–Kier alpha value is -3.56.